The number of hydrogen-bond donors (Lipinski definition) is 1. The lowest BCUT2D eigenvalue weighted by atomic mass is 9.86. The van der Waals surface area contributed by atoms with Crippen molar-refractivity contribution in [3.05, 3.63) is 101 Å². The largest absolute Gasteiger partial charge is 0.369 e. The van der Waals surface area contributed by atoms with Gasteiger partial charge < -0.3 is 10.2 Å². The van der Waals surface area contributed by atoms with Crippen LogP contribution in [0.1, 0.15) is 47.9 Å². The van der Waals surface area contributed by atoms with Gasteiger partial charge in [0.25, 0.3) is 5.91 Å². The Labute approximate surface area is 220 Å². The summed E-state index contributed by atoms with van der Waals surface area (Å²) in [5, 5.41) is 12.3. The molecule has 2 aliphatic rings. The Morgan fingerprint density at radius 2 is 1.65 bits per heavy atom. The van der Waals surface area contributed by atoms with Gasteiger partial charge in [-0.25, -0.2) is 0 Å². The zero-order chi connectivity index (χ0) is 25.6. The van der Waals surface area contributed by atoms with Gasteiger partial charge in [0.05, 0.1) is 11.6 Å². The molecule has 5 heteroatoms. The first-order chi connectivity index (χ1) is 18.1. The molecule has 0 radical (unpaired) electrons. The maximum Gasteiger partial charge on any atom is 0.251 e. The molecule has 1 aliphatic carbocycles. The number of carbonyl (C=O) groups excluding carboxylic acids is 1. The third kappa shape index (κ3) is 6.10. The number of aryl methyl sites for hydroxylation is 1. The first-order valence-corrected chi connectivity index (χ1v) is 13.3. The highest BCUT2D eigenvalue weighted by molar-refractivity contribution is 6.09. The number of carbonyl (C=O) groups is 1. The predicted octanol–water partition coefficient (Wildman–Crippen LogP) is 6.16. The number of rotatable bonds is 6. The summed E-state index contributed by atoms with van der Waals surface area (Å²) in [5.74, 6) is 0.0251. The molecule has 1 saturated heterocycles. The van der Waals surface area contributed by atoms with Gasteiger partial charge in [-0.15, -0.1) is 0 Å². The van der Waals surface area contributed by atoms with E-state index in [1.807, 2.05) is 30.3 Å². The van der Waals surface area contributed by atoms with E-state index in [9.17, 15) is 4.79 Å². The summed E-state index contributed by atoms with van der Waals surface area (Å²) < 4.78 is 0. The zero-order valence-electron chi connectivity index (χ0n) is 21.5. The number of anilines is 2. The lowest BCUT2D eigenvalue weighted by molar-refractivity contribution is -0.113. The summed E-state index contributed by atoms with van der Waals surface area (Å²) in [6.07, 6.45) is 3.99. The van der Waals surface area contributed by atoms with Crippen LogP contribution in [-0.2, 0) is 11.3 Å². The summed E-state index contributed by atoms with van der Waals surface area (Å²) in [5.41, 5.74) is 8.45. The normalized spacial score (nSPS) is 16.4. The van der Waals surface area contributed by atoms with Crippen molar-refractivity contribution < 1.29 is 4.79 Å². The summed E-state index contributed by atoms with van der Waals surface area (Å²) in [4.78, 5) is 18.1. The molecule has 0 spiro atoms. The lowest BCUT2D eigenvalue weighted by Crippen LogP contribution is -2.45. The minimum absolute atomic E-state index is 0.0251. The fourth-order valence-electron chi connectivity index (χ4n) is 5.35. The van der Waals surface area contributed by atoms with Crippen LogP contribution in [0.4, 0.5) is 11.4 Å². The molecular formula is C32H34N4O. The number of benzene rings is 3. The summed E-state index contributed by atoms with van der Waals surface area (Å²) in [7, 11) is 0. The second-order valence-corrected chi connectivity index (χ2v) is 10.1. The highest BCUT2D eigenvalue weighted by atomic mass is 16.1. The molecule has 3 aromatic rings. The lowest BCUT2D eigenvalue weighted by Gasteiger charge is -2.36. The quantitative estimate of drug-likeness (QED) is 0.450. The van der Waals surface area contributed by atoms with Crippen LogP contribution >= 0.6 is 0 Å². The van der Waals surface area contributed by atoms with Gasteiger partial charge in [0, 0.05) is 49.7 Å². The fraction of sp³-hybridized carbons (Fsp3) is 0.312. The molecule has 5 rings (SSSR count). The molecule has 0 unspecified atom stereocenters. The second-order valence-electron chi connectivity index (χ2n) is 10.1. The molecule has 5 nitrogen and oxygen atoms in total. The van der Waals surface area contributed by atoms with Crippen LogP contribution in [-0.4, -0.2) is 37.0 Å². The van der Waals surface area contributed by atoms with Crippen LogP contribution in [0.5, 0.6) is 0 Å². The van der Waals surface area contributed by atoms with Crippen molar-refractivity contribution in [1.29, 1.82) is 5.26 Å². The predicted molar refractivity (Wildman–Crippen MR) is 150 cm³/mol. The molecule has 1 fully saturated rings. The van der Waals surface area contributed by atoms with E-state index in [4.69, 9.17) is 5.26 Å². The fourth-order valence-corrected chi connectivity index (χ4v) is 5.35. The van der Waals surface area contributed by atoms with Gasteiger partial charge in [-0.05, 0) is 85.7 Å². The SMILES string of the molecule is Cc1ccc(C2=C(C(=O)Nc3ccc(N4CCN(Cc5cccc(C#N)c5)CC4)cc3)CCCC2)cc1. The van der Waals surface area contributed by atoms with Crippen molar-refractivity contribution in [2.45, 2.75) is 39.2 Å². The van der Waals surface area contributed by atoms with E-state index in [2.05, 4.69) is 70.6 Å². The maximum atomic E-state index is 13.2. The van der Waals surface area contributed by atoms with Crippen LogP contribution in [0, 0.1) is 18.3 Å². The number of allylic oxidation sites excluding steroid dienone is 1. The third-order valence-electron chi connectivity index (χ3n) is 7.47. The average Bonchev–Trinajstić information content (AvgIpc) is 2.94. The molecule has 1 aliphatic heterocycles. The summed E-state index contributed by atoms with van der Waals surface area (Å²) in [6, 6.07) is 26.9. The third-order valence-corrected chi connectivity index (χ3v) is 7.47. The van der Waals surface area contributed by atoms with Crippen LogP contribution < -0.4 is 10.2 Å². The van der Waals surface area contributed by atoms with E-state index in [0.29, 0.717) is 0 Å². The molecule has 37 heavy (non-hydrogen) atoms. The molecule has 0 bridgehead atoms. The van der Waals surface area contributed by atoms with Gasteiger partial charge in [-0.3, -0.25) is 9.69 Å². The van der Waals surface area contributed by atoms with Crippen molar-refractivity contribution >= 4 is 22.9 Å². The van der Waals surface area contributed by atoms with E-state index in [0.717, 1.165) is 75.2 Å². The van der Waals surface area contributed by atoms with Crippen LogP contribution in [0.2, 0.25) is 0 Å². The zero-order valence-corrected chi connectivity index (χ0v) is 21.5. The van der Waals surface area contributed by atoms with Crippen molar-refractivity contribution in [1.82, 2.24) is 4.90 Å². The van der Waals surface area contributed by atoms with Crippen molar-refractivity contribution in [3.63, 3.8) is 0 Å². The van der Waals surface area contributed by atoms with Crippen LogP contribution in [0.25, 0.3) is 5.57 Å². The standard InChI is InChI=1S/C32H34N4O/c1-24-9-11-27(12-10-24)30-7-2-3-8-31(30)32(37)34-28-13-15-29(16-14-28)36-19-17-35(18-20-36)23-26-6-4-5-25(21-26)22-33/h4-6,9-16,21H,2-3,7-8,17-20,23H2,1H3,(H,34,37). The second kappa shape index (κ2) is 11.5. The first-order valence-electron chi connectivity index (χ1n) is 13.3. The smallest absolute Gasteiger partial charge is 0.251 e. The Balaban J connectivity index is 1.19. The van der Waals surface area contributed by atoms with Gasteiger partial charge in [0.1, 0.15) is 0 Å². The molecule has 3 aromatic carbocycles. The number of nitriles is 1. The Bertz CT molecular complexity index is 1310. The van der Waals surface area contributed by atoms with Gasteiger partial charge in [0.2, 0.25) is 0 Å². The first kappa shape index (κ1) is 24.8. The maximum absolute atomic E-state index is 13.2. The number of piperazine rings is 1. The molecule has 0 saturated carbocycles. The minimum Gasteiger partial charge on any atom is -0.369 e. The number of amides is 1. The van der Waals surface area contributed by atoms with Crippen molar-refractivity contribution in [2.75, 3.05) is 36.4 Å². The highest BCUT2D eigenvalue weighted by Gasteiger charge is 2.21. The topological polar surface area (TPSA) is 59.4 Å². The summed E-state index contributed by atoms with van der Waals surface area (Å²) in [6.45, 7) is 6.82. The molecule has 188 valence electrons. The van der Waals surface area contributed by atoms with E-state index in [1.54, 1.807) is 0 Å². The number of nitrogens with zero attached hydrogens (tertiary/aromatic N) is 3. The van der Waals surface area contributed by atoms with Crippen molar-refractivity contribution in [3.8, 4) is 6.07 Å². The van der Waals surface area contributed by atoms with E-state index in [-0.39, 0.29) is 5.91 Å². The highest BCUT2D eigenvalue weighted by Crippen LogP contribution is 2.33. The Morgan fingerprint density at radius 3 is 2.38 bits per heavy atom. The van der Waals surface area contributed by atoms with E-state index < -0.39 is 0 Å². The monoisotopic (exact) mass is 490 g/mol. The Morgan fingerprint density at radius 1 is 0.919 bits per heavy atom. The molecule has 1 amide bonds. The molecule has 0 aromatic heterocycles. The van der Waals surface area contributed by atoms with Crippen LogP contribution in [0.3, 0.4) is 0 Å². The van der Waals surface area contributed by atoms with Gasteiger partial charge in [-0.2, -0.15) is 5.26 Å². The number of hydrogen-bond acceptors (Lipinski definition) is 4. The molecule has 0 atom stereocenters. The van der Waals surface area contributed by atoms with Crippen LogP contribution in [0.15, 0.2) is 78.4 Å². The van der Waals surface area contributed by atoms with E-state index in [1.165, 1.54) is 28.0 Å². The molecule has 1 N–H and O–H groups in total. The molecular weight excluding hydrogens is 456 g/mol. The Kier molecular flexibility index (Phi) is 7.67. The van der Waals surface area contributed by atoms with E-state index >= 15 is 0 Å². The summed E-state index contributed by atoms with van der Waals surface area (Å²) >= 11 is 0. The molecule has 1 heterocycles. The van der Waals surface area contributed by atoms with Gasteiger partial charge >= 0.3 is 0 Å². The number of nitrogens with one attached hydrogen (secondary N) is 1. The Hall–Kier alpha value is -3.88. The average molecular weight is 491 g/mol. The minimum atomic E-state index is 0.0251. The van der Waals surface area contributed by atoms with Gasteiger partial charge in [0.15, 0.2) is 0 Å². The van der Waals surface area contributed by atoms with Gasteiger partial charge in [-0.1, -0.05) is 42.0 Å². The van der Waals surface area contributed by atoms with Crippen molar-refractivity contribution in [2.24, 2.45) is 0 Å².